The van der Waals surface area contributed by atoms with E-state index in [-0.39, 0.29) is 23.7 Å². The lowest BCUT2D eigenvalue weighted by molar-refractivity contribution is -0.834. The Kier molecular flexibility index (Phi) is 3.05. The van der Waals surface area contributed by atoms with Crippen LogP contribution in [0.3, 0.4) is 0 Å². The van der Waals surface area contributed by atoms with E-state index in [2.05, 4.69) is 26.2 Å². The van der Waals surface area contributed by atoms with Gasteiger partial charge in [-0.3, -0.25) is 9.69 Å². The lowest BCUT2D eigenvalue weighted by atomic mass is 9.87. The molecule has 0 aliphatic carbocycles. The van der Waals surface area contributed by atoms with Gasteiger partial charge in [0.15, 0.2) is 0 Å². The minimum atomic E-state index is 0.0541. The molecule has 0 bridgehead atoms. The first-order valence-electron chi connectivity index (χ1n) is 7.22. The van der Waals surface area contributed by atoms with Crippen LogP contribution >= 0.6 is 0 Å². The van der Waals surface area contributed by atoms with Gasteiger partial charge in [-0.2, -0.15) is 0 Å². The summed E-state index contributed by atoms with van der Waals surface area (Å²) < 4.78 is 0. The van der Waals surface area contributed by atoms with E-state index < -0.39 is 0 Å². The van der Waals surface area contributed by atoms with E-state index in [4.69, 9.17) is 0 Å². The van der Waals surface area contributed by atoms with Crippen molar-refractivity contribution in [3.05, 3.63) is 29.3 Å². The molecule has 4 heteroatoms. The van der Waals surface area contributed by atoms with Crippen molar-refractivity contribution < 1.29 is 14.8 Å². The van der Waals surface area contributed by atoms with Crippen LogP contribution in [0.15, 0.2) is 23.8 Å². The fraction of sp³-hybridized carbons (Fsp3) is 0.438. The third kappa shape index (κ3) is 1.83. The third-order valence-electron chi connectivity index (χ3n) is 4.75. The highest BCUT2D eigenvalue weighted by Crippen LogP contribution is 2.31. The molecule has 3 rings (SSSR count). The Bertz CT molecular complexity index is 594. The van der Waals surface area contributed by atoms with E-state index in [0.29, 0.717) is 5.92 Å². The first-order valence-corrected chi connectivity index (χ1v) is 7.22. The van der Waals surface area contributed by atoms with Gasteiger partial charge in [-0.15, -0.1) is 0 Å². The Hall–Kier alpha value is -1.81. The lowest BCUT2D eigenvalue weighted by Gasteiger charge is -2.32. The smallest absolute Gasteiger partial charge is 0.253 e. The molecule has 2 aliphatic rings. The summed E-state index contributed by atoms with van der Waals surface area (Å²) in [5, 5.41) is 12.8. The van der Waals surface area contributed by atoms with Crippen molar-refractivity contribution in [3.63, 3.8) is 0 Å². The number of phenols is 1. The molecular weight excluding hydrogens is 252 g/mol. The predicted octanol–water partition coefficient (Wildman–Crippen LogP) is 0.849. The molecule has 3 N–H and O–H groups in total. The van der Waals surface area contributed by atoms with E-state index in [0.717, 1.165) is 23.2 Å². The van der Waals surface area contributed by atoms with Crippen LogP contribution in [0.4, 0.5) is 5.69 Å². The summed E-state index contributed by atoms with van der Waals surface area (Å²) in [6, 6.07) is 5.64. The van der Waals surface area contributed by atoms with E-state index in [1.165, 1.54) is 4.90 Å². The maximum Gasteiger partial charge on any atom is 0.253 e. The molecule has 2 heterocycles. The largest absolute Gasteiger partial charge is 0.508 e. The van der Waals surface area contributed by atoms with Gasteiger partial charge in [0.1, 0.15) is 17.5 Å². The first kappa shape index (κ1) is 13.2. The molecule has 106 valence electrons. The average Bonchev–Trinajstić information content (AvgIpc) is 2.77. The maximum absolute atomic E-state index is 12.2. The van der Waals surface area contributed by atoms with E-state index in [9.17, 15) is 9.90 Å². The van der Waals surface area contributed by atoms with Gasteiger partial charge in [0, 0.05) is 11.6 Å². The van der Waals surface area contributed by atoms with Crippen LogP contribution in [0.25, 0.3) is 6.08 Å². The number of carbonyl (C=O) groups is 1. The second-order valence-electron chi connectivity index (χ2n) is 5.92. The minimum absolute atomic E-state index is 0.0541. The SMILES string of the molecule is CCC(C)C1NC(=O)C2=Cc3ccc(O)cc3[NH+](C)C21. The molecule has 0 saturated carbocycles. The third-order valence-corrected chi connectivity index (χ3v) is 4.75. The van der Waals surface area contributed by atoms with Crippen molar-refractivity contribution in [3.8, 4) is 5.75 Å². The van der Waals surface area contributed by atoms with Crippen LogP contribution in [0.5, 0.6) is 5.75 Å². The normalized spacial score (nSPS) is 29.2. The summed E-state index contributed by atoms with van der Waals surface area (Å²) in [7, 11) is 2.08. The zero-order valence-corrected chi connectivity index (χ0v) is 12.1. The number of amides is 1. The van der Waals surface area contributed by atoms with Gasteiger partial charge in [-0.25, -0.2) is 0 Å². The molecule has 0 aromatic heterocycles. The standard InChI is InChI=1S/C16H20N2O2/c1-4-9(2)14-15-12(16(20)17-14)7-10-5-6-11(19)8-13(10)18(15)3/h5-9,14-15,19H,4H2,1-3H3,(H,17,20)/p+1. The summed E-state index contributed by atoms with van der Waals surface area (Å²) in [6.07, 6.45) is 3.01. The van der Waals surface area contributed by atoms with Crippen LogP contribution < -0.4 is 10.2 Å². The van der Waals surface area contributed by atoms with E-state index >= 15 is 0 Å². The summed E-state index contributed by atoms with van der Waals surface area (Å²) in [6.45, 7) is 4.33. The van der Waals surface area contributed by atoms with Crippen molar-refractivity contribution in [1.29, 1.82) is 0 Å². The molecular formula is C16H21N2O2+. The highest BCUT2D eigenvalue weighted by atomic mass is 16.3. The second-order valence-corrected chi connectivity index (χ2v) is 5.92. The number of carbonyl (C=O) groups excluding carboxylic acids is 1. The van der Waals surface area contributed by atoms with Gasteiger partial charge < -0.3 is 10.4 Å². The van der Waals surface area contributed by atoms with Crippen molar-refractivity contribution in [2.75, 3.05) is 7.05 Å². The molecule has 1 aromatic rings. The Labute approximate surface area is 119 Å². The van der Waals surface area contributed by atoms with Gasteiger partial charge in [-0.1, -0.05) is 20.3 Å². The number of fused-ring (bicyclic) bond motifs is 2. The Morgan fingerprint density at radius 3 is 2.90 bits per heavy atom. The number of aromatic hydroxyl groups is 1. The number of hydrogen-bond acceptors (Lipinski definition) is 2. The van der Waals surface area contributed by atoms with Gasteiger partial charge in [0.25, 0.3) is 5.91 Å². The van der Waals surface area contributed by atoms with Gasteiger partial charge in [-0.05, 0) is 24.1 Å². The fourth-order valence-corrected chi connectivity index (χ4v) is 3.38. The molecule has 4 unspecified atom stereocenters. The molecule has 1 saturated heterocycles. The highest BCUT2D eigenvalue weighted by molar-refractivity contribution is 6.02. The second kappa shape index (κ2) is 4.63. The molecule has 20 heavy (non-hydrogen) atoms. The van der Waals surface area contributed by atoms with Crippen LogP contribution in [0.2, 0.25) is 0 Å². The highest BCUT2D eigenvalue weighted by Gasteiger charge is 2.47. The van der Waals surface area contributed by atoms with Crippen LogP contribution in [0.1, 0.15) is 25.8 Å². The molecule has 0 spiro atoms. The van der Waals surface area contributed by atoms with Crippen molar-refractivity contribution in [2.24, 2.45) is 5.92 Å². The summed E-state index contributed by atoms with van der Waals surface area (Å²) >= 11 is 0. The minimum Gasteiger partial charge on any atom is -0.508 e. The number of benzene rings is 1. The molecule has 1 fully saturated rings. The molecule has 1 aromatic carbocycles. The first-order chi connectivity index (χ1) is 9.52. The Morgan fingerprint density at radius 2 is 2.20 bits per heavy atom. The van der Waals surface area contributed by atoms with Crippen molar-refractivity contribution >= 4 is 17.7 Å². The van der Waals surface area contributed by atoms with Crippen LogP contribution in [-0.2, 0) is 4.79 Å². The Morgan fingerprint density at radius 1 is 1.45 bits per heavy atom. The Balaban J connectivity index is 2.08. The molecule has 1 amide bonds. The van der Waals surface area contributed by atoms with Crippen molar-refractivity contribution in [1.82, 2.24) is 5.32 Å². The fourth-order valence-electron chi connectivity index (χ4n) is 3.38. The number of likely N-dealkylation sites (N-methyl/N-ethyl adjacent to an activating group) is 1. The summed E-state index contributed by atoms with van der Waals surface area (Å²) in [4.78, 5) is 13.4. The summed E-state index contributed by atoms with van der Waals surface area (Å²) in [5.74, 6) is 0.763. The average molecular weight is 273 g/mol. The van der Waals surface area contributed by atoms with Crippen molar-refractivity contribution in [2.45, 2.75) is 32.4 Å². The molecule has 2 aliphatic heterocycles. The number of phenolic OH excluding ortho intramolecular Hbond substituents is 1. The zero-order valence-electron chi connectivity index (χ0n) is 12.1. The molecule has 4 nitrogen and oxygen atoms in total. The number of quaternary nitrogens is 1. The summed E-state index contributed by atoms with van der Waals surface area (Å²) in [5.41, 5.74) is 2.95. The topological polar surface area (TPSA) is 53.8 Å². The maximum atomic E-state index is 12.2. The zero-order chi connectivity index (χ0) is 14.4. The van der Waals surface area contributed by atoms with E-state index in [1.54, 1.807) is 12.1 Å². The van der Waals surface area contributed by atoms with Crippen LogP contribution in [0, 0.1) is 5.92 Å². The van der Waals surface area contributed by atoms with Gasteiger partial charge >= 0.3 is 0 Å². The van der Waals surface area contributed by atoms with Gasteiger partial charge in [0.05, 0.1) is 18.7 Å². The van der Waals surface area contributed by atoms with Gasteiger partial charge in [0.2, 0.25) is 0 Å². The molecule has 0 radical (unpaired) electrons. The quantitative estimate of drug-likeness (QED) is 0.748. The number of hydrogen-bond donors (Lipinski definition) is 3. The van der Waals surface area contributed by atoms with Crippen LogP contribution in [-0.4, -0.2) is 30.1 Å². The predicted molar refractivity (Wildman–Crippen MR) is 77.8 cm³/mol. The molecule has 4 atom stereocenters. The number of rotatable bonds is 2. The number of nitrogens with one attached hydrogen (secondary N) is 2. The van der Waals surface area contributed by atoms with E-state index in [1.807, 2.05) is 12.1 Å². The lowest BCUT2D eigenvalue weighted by Crippen LogP contribution is -3.10. The monoisotopic (exact) mass is 273 g/mol.